The van der Waals surface area contributed by atoms with Crippen molar-refractivity contribution < 1.29 is 9.59 Å². The van der Waals surface area contributed by atoms with Gasteiger partial charge in [0.15, 0.2) is 0 Å². The minimum Gasteiger partial charge on any atom is -0.355 e. The minimum atomic E-state index is -0.206. The molecule has 5 nitrogen and oxygen atoms in total. The van der Waals surface area contributed by atoms with Crippen LogP contribution < -0.4 is 10.6 Å². The number of nitrogens with zero attached hydrogens (tertiary/aromatic N) is 1. The van der Waals surface area contributed by atoms with Crippen LogP contribution >= 0.6 is 11.6 Å². The average Bonchev–Trinajstić information content (AvgIpc) is 2.38. The molecule has 6 heteroatoms. The van der Waals surface area contributed by atoms with Gasteiger partial charge in [-0.15, -0.1) is 0 Å². The highest BCUT2D eigenvalue weighted by atomic mass is 35.5. The summed E-state index contributed by atoms with van der Waals surface area (Å²) in [6.45, 7) is 5.00. The third-order valence-electron chi connectivity index (χ3n) is 2.68. The number of hydrogen-bond donors (Lipinski definition) is 2. The van der Waals surface area contributed by atoms with Crippen LogP contribution in [0.15, 0.2) is 24.3 Å². The summed E-state index contributed by atoms with van der Waals surface area (Å²) < 4.78 is 0. The zero-order valence-electron chi connectivity index (χ0n) is 12.6. The number of rotatable bonds is 7. The van der Waals surface area contributed by atoms with E-state index in [4.69, 9.17) is 11.6 Å². The lowest BCUT2D eigenvalue weighted by atomic mass is 10.2. The molecule has 0 bridgehead atoms. The summed E-state index contributed by atoms with van der Waals surface area (Å²) >= 11 is 5.97. The molecule has 0 aromatic heterocycles. The van der Waals surface area contributed by atoms with Crippen molar-refractivity contribution in [2.24, 2.45) is 5.92 Å². The number of hydrogen-bond acceptors (Lipinski definition) is 3. The smallest absolute Gasteiger partial charge is 0.238 e. The maximum Gasteiger partial charge on any atom is 0.238 e. The Labute approximate surface area is 130 Å². The Hall–Kier alpha value is -1.59. The van der Waals surface area contributed by atoms with E-state index in [0.29, 0.717) is 23.2 Å². The molecule has 0 radical (unpaired) electrons. The van der Waals surface area contributed by atoms with Crippen LogP contribution in [0, 0.1) is 5.92 Å². The second-order valence-electron chi connectivity index (χ2n) is 5.40. The Bertz CT molecular complexity index is 492. The number of anilines is 1. The molecule has 1 rings (SSSR count). The summed E-state index contributed by atoms with van der Waals surface area (Å²) in [6.07, 6.45) is 0. The number of nitrogens with one attached hydrogen (secondary N) is 2. The molecule has 0 atom stereocenters. The summed E-state index contributed by atoms with van der Waals surface area (Å²) in [6, 6.07) is 7.03. The molecule has 116 valence electrons. The van der Waals surface area contributed by atoms with Crippen molar-refractivity contribution in [3.05, 3.63) is 29.3 Å². The second kappa shape index (κ2) is 8.64. The highest BCUT2D eigenvalue weighted by molar-refractivity contribution is 6.33. The lowest BCUT2D eigenvalue weighted by Gasteiger charge is -2.16. The monoisotopic (exact) mass is 311 g/mol. The summed E-state index contributed by atoms with van der Waals surface area (Å²) in [5.74, 6) is 0.113. The lowest BCUT2D eigenvalue weighted by molar-refractivity contribution is -0.123. The van der Waals surface area contributed by atoms with E-state index in [2.05, 4.69) is 10.6 Å². The molecule has 1 aromatic rings. The first-order valence-corrected chi connectivity index (χ1v) is 7.26. The zero-order chi connectivity index (χ0) is 15.8. The highest BCUT2D eigenvalue weighted by Gasteiger charge is 2.11. The van der Waals surface area contributed by atoms with Gasteiger partial charge in [0.05, 0.1) is 23.8 Å². The quantitative estimate of drug-likeness (QED) is 0.809. The van der Waals surface area contributed by atoms with Gasteiger partial charge in [0.2, 0.25) is 11.8 Å². The molecule has 0 saturated heterocycles. The van der Waals surface area contributed by atoms with Crippen molar-refractivity contribution in [3.8, 4) is 0 Å². The van der Waals surface area contributed by atoms with Gasteiger partial charge in [0.1, 0.15) is 0 Å². The van der Waals surface area contributed by atoms with E-state index in [9.17, 15) is 9.59 Å². The van der Waals surface area contributed by atoms with Crippen molar-refractivity contribution >= 4 is 29.1 Å². The fourth-order valence-corrected chi connectivity index (χ4v) is 1.86. The van der Waals surface area contributed by atoms with Gasteiger partial charge in [-0.05, 0) is 25.1 Å². The predicted octanol–water partition coefficient (Wildman–Crippen LogP) is 1.98. The summed E-state index contributed by atoms with van der Waals surface area (Å²) in [5, 5.41) is 6.02. The maximum atomic E-state index is 11.9. The zero-order valence-corrected chi connectivity index (χ0v) is 13.4. The van der Waals surface area contributed by atoms with Crippen LogP contribution in [0.25, 0.3) is 0 Å². The van der Waals surface area contributed by atoms with E-state index in [0.717, 1.165) is 0 Å². The highest BCUT2D eigenvalue weighted by Crippen LogP contribution is 2.20. The SMILES string of the molecule is CC(C)CNC(=O)CN(C)CC(=O)Nc1ccccc1Cl. The predicted molar refractivity (Wildman–Crippen MR) is 85.4 cm³/mol. The normalized spacial score (nSPS) is 10.8. The molecule has 0 aliphatic heterocycles. The van der Waals surface area contributed by atoms with Gasteiger partial charge in [0, 0.05) is 6.54 Å². The van der Waals surface area contributed by atoms with Crippen molar-refractivity contribution in [2.45, 2.75) is 13.8 Å². The molecule has 0 heterocycles. The number of para-hydroxylation sites is 1. The van der Waals surface area contributed by atoms with Crippen LogP contribution in [-0.4, -0.2) is 43.4 Å². The number of amides is 2. The van der Waals surface area contributed by atoms with Gasteiger partial charge in [-0.2, -0.15) is 0 Å². The van der Waals surface area contributed by atoms with Gasteiger partial charge >= 0.3 is 0 Å². The maximum absolute atomic E-state index is 11.9. The first-order valence-electron chi connectivity index (χ1n) is 6.88. The summed E-state index contributed by atoms with van der Waals surface area (Å²) in [4.78, 5) is 25.2. The Kier molecular flexibility index (Phi) is 7.19. The van der Waals surface area contributed by atoms with Gasteiger partial charge in [0.25, 0.3) is 0 Å². The van der Waals surface area contributed by atoms with Gasteiger partial charge in [-0.3, -0.25) is 14.5 Å². The van der Waals surface area contributed by atoms with Crippen LogP contribution in [0.3, 0.4) is 0 Å². The number of carbonyl (C=O) groups is 2. The van der Waals surface area contributed by atoms with Crippen LogP contribution in [0.1, 0.15) is 13.8 Å². The molecule has 0 saturated carbocycles. The van der Waals surface area contributed by atoms with Crippen LogP contribution in [-0.2, 0) is 9.59 Å². The minimum absolute atomic E-state index is 0.0863. The third kappa shape index (κ3) is 7.11. The molecular formula is C15H22ClN3O2. The Morgan fingerprint density at radius 1 is 1.19 bits per heavy atom. The first-order chi connectivity index (χ1) is 9.88. The fourth-order valence-electron chi connectivity index (χ4n) is 1.67. The topological polar surface area (TPSA) is 61.4 Å². The molecule has 0 unspecified atom stereocenters. The van der Waals surface area contributed by atoms with Crippen molar-refractivity contribution in [2.75, 3.05) is 32.0 Å². The summed E-state index contributed by atoms with van der Waals surface area (Å²) in [5.41, 5.74) is 0.571. The summed E-state index contributed by atoms with van der Waals surface area (Å²) in [7, 11) is 1.72. The van der Waals surface area contributed by atoms with E-state index >= 15 is 0 Å². The fraction of sp³-hybridized carbons (Fsp3) is 0.467. The van der Waals surface area contributed by atoms with Gasteiger partial charge in [-0.25, -0.2) is 0 Å². The molecule has 2 amide bonds. The lowest BCUT2D eigenvalue weighted by Crippen LogP contribution is -2.39. The van der Waals surface area contributed by atoms with Gasteiger partial charge in [-0.1, -0.05) is 37.6 Å². The molecule has 0 spiro atoms. The molecule has 2 N–H and O–H groups in total. The number of carbonyl (C=O) groups excluding carboxylic acids is 2. The van der Waals surface area contributed by atoms with Crippen LogP contribution in [0.2, 0.25) is 5.02 Å². The first kappa shape index (κ1) is 17.5. The molecule has 21 heavy (non-hydrogen) atoms. The number of benzene rings is 1. The molecular weight excluding hydrogens is 290 g/mol. The molecule has 0 fully saturated rings. The van der Waals surface area contributed by atoms with E-state index in [-0.39, 0.29) is 24.9 Å². The number of likely N-dealkylation sites (N-methyl/N-ethyl adjacent to an activating group) is 1. The van der Waals surface area contributed by atoms with E-state index in [1.807, 2.05) is 13.8 Å². The van der Waals surface area contributed by atoms with E-state index < -0.39 is 0 Å². The third-order valence-corrected chi connectivity index (χ3v) is 3.01. The Morgan fingerprint density at radius 3 is 2.43 bits per heavy atom. The van der Waals surface area contributed by atoms with Gasteiger partial charge < -0.3 is 10.6 Å². The molecule has 0 aliphatic carbocycles. The van der Waals surface area contributed by atoms with Crippen LogP contribution in [0.5, 0.6) is 0 Å². The van der Waals surface area contributed by atoms with E-state index in [1.54, 1.807) is 36.2 Å². The average molecular weight is 312 g/mol. The van der Waals surface area contributed by atoms with Crippen LogP contribution in [0.4, 0.5) is 5.69 Å². The molecule has 0 aliphatic rings. The molecule has 1 aromatic carbocycles. The van der Waals surface area contributed by atoms with Crippen molar-refractivity contribution in [1.29, 1.82) is 0 Å². The largest absolute Gasteiger partial charge is 0.355 e. The van der Waals surface area contributed by atoms with E-state index in [1.165, 1.54) is 0 Å². The van der Waals surface area contributed by atoms with Crippen molar-refractivity contribution in [3.63, 3.8) is 0 Å². The second-order valence-corrected chi connectivity index (χ2v) is 5.81. The van der Waals surface area contributed by atoms with Crippen molar-refractivity contribution in [1.82, 2.24) is 10.2 Å². The number of halogens is 1. The standard InChI is InChI=1S/C15H22ClN3O2/c1-11(2)8-17-14(20)9-19(3)10-15(21)18-13-7-5-4-6-12(13)16/h4-7,11H,8-10H2,1-3H3,(H,17,20)(H,18,21). The Balaban J connectivity index is 2.37. The Morgan fingerprint density at radius 2 is 1.81 bits per heavy atom.